The van der Waals surface area contributed by atoms with Crippen LogP contribution in [0.15, 0.2) is 12.1 Å². The van der Waals surface area contributed by atoms with Crippen molar-refractivity contribution in [3.8, 4) is 5.75 Å². The maximum absolute atomic E-state index is 11.9. The molecule has 0 saturated heterocycles. The van der Waals surface area contributed by atoms with E-state index in [9.17, 15) is 9.90 Å². The Balaban J connectivity index is 1.93. The van der Waals surface area contributed by atoms with Gasteiger partial charge >= 0.3 is 6.09 Å². The molecule has 1 saturated carbocycles. The number of carbonyl (C=O) groups is 1. The molecule has 2 rings (SSSR count). The molecule has 5 nitrogen and oxygen atoms in total. The van der Waals surface area contributed by atoms with Crippen molar-refractivity contribution < 1.29 is 14.6 Å². The number of benzene rings is 1. The van der Waals surface area contributed by atoms with E-state index in [4.69, 9.17) is 27.9 Å². The summed E-state index contributed by atoms with van der Waals surface area (Å²) in [5.74, 6) is 0.0308. The van der Waals surface area contributed by atoms with Crippen molar-refractivity contribution in [3.63, 3.8) is 0 Å². The number of ether oxygens (including phenoxy) is 1. The monoisotopic (exact) mass is 374 g/mol. The van der Waals surface area contributed by atoms with E-state index in [-0.39, 0.29) is 22.9 Å². The van der Waals surface area contributed by atoms with Crippen molar-refractivity contribution in [3.05, 3.63) is 27.7 Å². The van der Waals surface area contributed by atoms with Crippen LogP contribution in [-0.2, 0) is 11.3 Å². The van der Waals surface area contributed by atoms with Crippen LogP contribution in [0, 0.1) is 0 Å². The maximum Gasteiger partial charge on any atom is 0.407 e. The lowest BCUT2D eigenvalue weighted by molar-refractivity contribution is 0.0498. The fourth-order valence-electron chi connectivity index (χ4n) is 2.83. The van der Waals surface area contributed by atoms with Crippen molar-refractivity contribution in [2.24, 2.45) is 0 Å². The molecule has 0 radical (unpaired) electrons. The second kappa shape index (κ2) is 7.81. The van der Waals surface area contributed by atoms with Gasteiger partial charge < -0.3 is 20.5 Å². The summed E-state index contributed by atoms with van der Waals surface area (Å²) in [7, 11) is 0. The molecule has 3 N–H and O–H groups in total. The number of halogens is 2. The zero-order chi connectivity index (χ0) is 17.9. The Kier molecular flexibility index (Phi) is 6.23. The van der Waals surface area contributed by atoms with Gasteiger partial charge in [-0.3, -0.25) is 0 Å². The van der Waals surface area contributed by atoms with Crippen LogP contribution in [0.3, 0.4) is 0 Å². The Morgan fingerprint density at radius 3 is 2.62 bits per heavy atom. The Morgan fingerprint density at radius 2 is 1.96 bits per heavy atom. The largest absolute Gasteiger partial charge is 0.506 e. The molecule has 0 bridgehead atoms. The average Bonchev–Trinajstić information content (AvgIpc) is 2.86. The second-order valence-electron chi connectivity index (χ2n) is 7.07. The average molecular weight is 375 g/mol. The molecule has 0 heterocycles. The minimum atomic E-state index is -0.519. The van der Waals surface area contributed by atoms with Crippen LogP contribution in [0.25, 0.3) is 0 Å². The van der Waals surface area contributed by atoms with Gasteiger partial charge in [0.1, 0.15) is 11.4 Å². The Hall–Kier alpha value is -1.17. The first-order valence-corrected chi connectivity index (χ1v) is 8.81. The molecule has 2 atom stereocenters. The third-order valence-corrected chi connectivity index (χ3v) is 4.39. The number of phenolic OH excluding ortho intramolecular Hbond substituents is 1. The number of alkyl carbamates (subject to hydrolysis) is 1. The first-order chi connectivity index (χ1) is 11.2. The van der Waals surface area contributed by atoms with Crippen LogP contribution >= 0.6 is 23.2 Å². The van der Waals surface area contributed by atoms with E-state index in [1.54, 1.807) is 6.07 Å². The summed E-state index contributed by atoms with van der Waals surface area (Å²) < 4.78 is 5.31. The van der Waals surface area contributed by atoms with E-state index in [0.29, 0.717) is 17.1 Å². The van der Waals surface area contributed by atoms with Crippen LogP contribution < -0.4 is 10.6 Å². The van der Waals surface area contributed by atoms with Gasteiger partial charge in [0, 0.05) is 29.2 Å². The topological polar surface area (TPSA) is 70.6 Å². The highest BCUT2D eigenvalue weighted by Crippen LogP contribution is 2.31. The van der Waals surface area contributed by atoms with Crippen molar-refractivity contribution in [1.82, 2.24) is 10.6 Å². The summed E-state index contributed by atoms with van der Waals surface area (Å²) in [5.41, 5.74) is 0.116. The minimum absolute atomic E-state index is 0.00310. The van der Waals surface area contributed by atoms with Gasteiger partial charge in [-0.1, -0.05) is 23.2 Å². The number of carbonyl (C=O) groups excluding carboxylic acids is 1. The lowest BCUT2D eigenvalue weighted by atomic mass is 10.1. The van der Waals surface area contributed by atoms with Crippen LogP contribution in [-0.4, -0.2) is 28.9 Å². The van der Waals surface area contributed by atoms with Crippen LogP contribution in [0.4, 0.5) is 4.79 Å². The van der Waals surface area contributed by atoms with E-state index in [1.165, 1.54) is 6.07 Å². The lowest BCUT2D eigenvalue weighted by Gasteiger charge is -2.25. The predicted octanol–water partition coefficient (Wildman–Crippen LogP) is 4.23. The zero-order valence-corrected chi connectivity index (χ0v) is 15.7. The lowest BCUT2D eigenvalue weighted by Crippen LogP contribution is -2.47. The number of aromatic hydroxyl groups is 1. The van der Waals surface area contributed by atoms with Gasteiger partial charge in [0.15, 0.2) is 0 Å². The molecular formula is C17H24Cl2N2O3. The molecular weight excluding hydrogens is 351 g/mol. The summed E-state index contributed by atoms with van der Waals surface area (Å²) in [6.45, 7) is 5.93. The Bertz CT molecular complexity index is 602. The molecule has 2 unspecified atom stereocenters. The van der Waals surface area contributed by atoms with Crippen molar-refractivity contribution in [2.75, 3.05) is 0 Å². The third kappa shape index (κ3) is 5.43. The molecule has 1 aliphatic rings. The van der Waals surface area contributed by atoms with E-state index in [1.807, 2.05) is 20.8 Å². The minimum Gasteiger partial charge on any atom is -0.506 e. The fraction of sp³-hybridized carbons (Fsp3) is 0.588. The second-order valence-corrected chi connectivity index (χ2v) is 7.91. The van der Waals surface area contributed by atoms with E-state index >= 15 is 0 Å². The van der Waals surface area contributed by atoms with Gasteiger partial charge in [0.25, 0.3) is 0 Å². The fourth-order valence-corrected chi connectivity index (χ4v) is 3.37. The number of amides is 1. The molecule has 0 aliphatic heterocycles. The first-order valence-electron chi connectivity index (χ1n) is 8.05. The standard InChI is InChI=1S/C17H24Cl2N2O3/c1-17(2,3)24-16(23)21-14-6-4-5-13(14)20-9-10-7-11(18)8-12(19)15(10)22/h7-8,13-14,20,22H,4-6,9H2,1-3H3,(H,21,23). The molecule has 1 aromatic rings. The molecule has 7 heteroatoms. The summed E-state index contributed by atoms with van der Waals surface area (Å²) in [6.07, 6.45) is 2.43. The smallest absolute Gasteiger partial charge is 0.407 e. The molecule has 134 valence electrons. The number of hydrogen-bond acceptors (Lipinski definition) is 4. The summed E-state index contributed by atoms with van der Waals surface area (Å²) in [4.78, 5) is 11.9. The van der Waals surface area contributed by atoms with Gasteiger partial charge in [0.2, 0.25) is 0 Å². The first kappa shape index (κ1) is 19.2. The summed E-state index contributed by atoms with van der Waals surface area (Å²) in [6, 6.07) is 3.29. The highest BCUT2D eigenvalue weighted by atomic mass is 35.5. The Morgan fingerprint density at radius 1 is 1.29 bits per heavy atom. The maximum atomic E-state index is 11.9. The van der Waals surface area contributed by atoms with E-state index < -0.39 is 11.7 Å². The highest BCUT2D eigenvalue weighted by molar-refractivity contribution is 6.35. The molecule has 1 fully saturated rings. The molecule has 0 spiro atoms. The van der Waals surface area contributed by atoms with Crippen LogP contribution in [0.2, 0.25) is 10.0 Å². The number of phenols is 1. The molecule has 1 aromatic carbocycles. The van der Waals surface area contributed by atoms with Crippen molar-refractivity contribution >= 4 is 29.3 Å². The normalized spacial score (nSPS) is 20.9. The van der Waals surface area contributed by atoms with Gasteiger partial charge in [0.05, 0.1) is 5.02 Å². The van der Waals surface area contributed by atoms with Gasteiger partial charge in [-0.15, -0.1) is 0 Å². The molecule has 1 aliphatic carbocycles. The van der Waals surface area contributed by atoms with E-state index in [2.05, 4.69) is 10.6 Å². The summed E-state index contributed by atoms with van der Waals surface area (Å²) >= 11 is 11.9. The number of rotatable bonds is 4. The highest BCUT2D eigenvalue weighted by Gasteiger charge is 2.30. The van der Waals surface area contributed by atoms with Gasteiger partial charge in [-0.25, -0.2) is 4.79 Å². The number of nitrogens with one attached hydrogen (secondary N) is 2. The SMILES string of the molecule is CC(C)(C)OC(=O)NC1CCCC1NCc1cc(Cl)cc(Cl)c1O. The van der Waals surface area contributed by atoms with Gasteiger partial charge in [-0.2, -0.15) is 0 Å². The quantitative estimate of drug-likeness (QED) is 0.737. The van der Waals surface area contributed by atoms with Gasteiger partial charge in [-0.05, 0) is 52.2 Å². The van der Waals surface area contributed by atoms with Crippen LogP contribution in [0.5, 0.6) is 5.75 Å². The zero-order valence-electron chi connectivity index (χ0n) is 14.2. The predicted molar refractivity (Wildman–Crippen MR) is 95.8 cm³/mol. The van der Waals surface area contributed by atoms with Crippen molar-refractivity contribution in [2.45, 2.75) is 64.3 Å². The summed E-state index contributed by atoms with van der Waals surface area (Å²) in [5, 5.41) is 17.0. The number of hydrogen-bond donors (Lipinski definition) is 3. The van der Waals surface area contributed by atoms with Crippen LogP contribution in [0.1, 0.15) is 45.6 Å². The Labute approximate surface area is 152 Å². The molecule has 24 heavy (non-hydrogen) atoms. The van der Waals surface area contributed by atoms with E-state index in [0.717, 1.165) is 19.3 Å². The third-order valence-electron chi connectivity index (χ3n) is 3.88. The molecule has 1 amide bonds. The van der Waals surface area contributed by atoms with Crippen molar-refractivity contribution in [1.29, 1.82) is 0 Å². The molecule has 0 aromatic heterocycles.